The third-order valence-electron chi connectivity index (χ3n) is 6.89. The Morgan fingerprint density at radius 3 is 2.15 bits per heavy atom. The highest BCUT2D eigenvalue weighted by atomic mass is 14.6. The van der Waals surface area contributed by atoms with Crippen LogP contribution in [0.4, 0.5) is 0 Å². The largest absolute Gasteiger partial charge is 0.265 e. The molecule has 2 heterocycles. The number of fused-ring (bicyclic) bond motifs is 6. The van der Waals surface area contributed by atoms with Gasteiger partial charge in [0.15, 0.2) is 0 Å². The van der Waals surface area contributed by atoms with Crippen LogP contribution in [0.5, 0.6) is 0 Å². The Hall–Kier alpha value is -4.04. The highest BCUT2D eigenvalue weighted by molar-refractivity contribution is 6.15. The molecule has 0 radical (unpaired) electrons. The maximum atomic E-state index is 4.20. The maximum absolute atomic E-state index is 4.20. The van der Waals surface area contributed by atoms with Gasteiger partial charge in [0, 0.05) is 24.8 Å². The van der Waals surface area contributed by atoms with Crippen LogP contribution in [0.25, 0.3) is 43.4 Å². The van der Waals surface area contributed by atoms with Gasteiger partial charge < -0.3 is 0 Å². The monoisotopic (exact) mass is 438 g/mol. The molecule has 0 spiro atoms. The van der Waals surface area contributed by atoms with Crippen LogP contribution in [-0.4, -0.2) is 9.97 Å². The van der Waals surface area contributed by atoms with Crippen molar-refractivity contribution >= 4 is 32.3 Å². The molecule has 6 aromatic rings. The molecule has 34 heavy (non-hydrogen) atoms. The van der Waals surface area contributed by atoms with Crippen LogP contribution in [0.15, 0.2) is 110 Å². The van der Waals surface area contributed by atoms with Gasteiger partial charge in [0.25, 0.3) is 0 Å². The molecular weight excluding hydrogens is 412 g/mol. The number of rotatable bonds is 1. The molecule has 2 nitrogen and oxygen atoms in total. The van der Waals surface area contributed by atoms with E-state index in [0.717, 1.165) is 0 Å². The molecule has 0 atom stereocenters. The lowest BCUT2D eigenvalue weighted by molar-refractivity contribution is 0.690. The molecule has 0 saturated carbocycles. The fourth-order valence-corrected chi connectivity index (χ4v) is 5.24. The van der Waals surface area contributed by atoms with E-state index in [-0.39, 0.29) is 0 Å². The number of hydrogen-bond donors (Lipinski definition) is 0. The van der Waals surface area contributed by atoms with Gasteiger partial charge in [-0.2, -0.15) is 0 Å². The van der Waals surface area contributed by atoms with Crippen LogP contribution in [0.1, 0.15) is 24.0 Å². The molecule has 0 amide bonds. The van der Waals surface area contributed by atoms with E-state index < -0.39 is 0 Å². The lowest BCUT2D eigenvalue weighted by Gasteiger charge is -2.21. The van der Waals surface area contributed by atoms with Gasteiger partial charge in [-0.1, -0.05) is 60.7 Å². The van der Waals surface area contributed by atoms with Crippen LogP contribution in [0, 0.1) is 0 Å². The van der Waals surface area contributed by atoms with Crippen molar-refractivity contribution in [1.29, 1.82) is 0 Å². The fraction of sp³-hybridized carbons (Fsp3) is 0.125. The van der Waals surface area contributed by atoms with E-state index in [4.69, 9.17) is 0 Å². The lowest BCUT2D eigenvalue weighted by atomic mass is 9.83. The highest BCUT2D eigenvalue weighted by Gasteiger charge is 2.17. The predicted octanol–water partition coefficient (Wildman–Crippen LogP) is 8.17. The Labute approximate surface area is 199 Å². The molecule has 0 fully saturated rings. The molecule has 1 aliphatic carbocycles. The minimum atomic E-state index is 1.20. The average molecular weight is 439 g/mol. The third-order valence-corrected chi connectivity index (χ3v) is 6.89. The molecule has 0 saturated heterocycles. The first-order valence-corrected chi connectivity index (χ1v) is 12.0. The van der Waals surface area contributed by atoms with E-state index in [1.165, 1.54) is 69.1 Å². The van der Waals surface area contributed by atoms with Gasteiger partial charge in [0.05, 0.1) is 0 Å². The first-order valence-electron chi connectivity index (χ1n) is 12.0. The van der Waals surface area contributed by atoms with Gasteiger partial charge in [-0.05, 0) is 105 Å². The van der Waals surface area contributed by atoms with Crippen LogP contribution < -0.4 is 0 Å². The minimum absolute atomic E-state index is 1.20. The Bertz CT molecular complexity index is 1540. The van der Waals surface area contributed by atoms with Gasteiger partial charge >= 0.3 is 0 Å². The fourth-order valence-electron chi connectivity index (χ4n) is 5.24. The van der Waals surface area contributed by atoms with Crippen molar-refractivity contribution in [2.24, 2.45) is 0 Å². The summed E-state index contributed by atoms with van der Waals surface area (Å²) in [5, 5.41) is 7.96. The second kappa shape index (κ2) is 9.07. The standard InChI is InChI=1S/C23H19N.C9H7N/c1-4-8-20-16(5-1)9-10-21-19-7-3-2-6-18(19)15-22(23(20)21)17-11-13-24-14-12-17;1-2-4-9-7-10-6-5-8(9)3-1/h2-3,6-7,9-15H,1,4-5,8H2;1-7H. The normalized spacial score (nSPS) is 12.8. The quantitative estimate of drug-likeness (QED) is 0.242. The molecular formula is C32H26N2. The number of pyridine rings is 2. The van der Waals surface area contributed by atoms with Crippen LogP contribution in [0.2, 0.25) is 0 Å². The first kappa shape index (κ1) is 20.6. The topological polar surface area (TPSA) is 25.8 Å². The zero-order chi connectivity index (χ0) is 22.7. The van der Waals surface area contributed by atoms with Gasteiger partial charge in [0.1, 0.15) is 0 Å². The number of aryl methyl sites for hydroxylation is 2. The van der Waals surface area contributed by atoms with Gasteiger partial charge in [-0.25, -0.2) is 0 Å². The van der Waals surface area contributed by atoms with Crippen molar-refractivity contribution in [2.45, 2.75) is 25.7 Å². The second-order valence-corrected chi connectivity index (χ2v) is 8.94. The zero-order valence-electron chi connectivity index (χ0n) is 19.1. The van der Waals surface area contributed by atoms with E-state index in [0.29, 0.717) is 0 Å². The van der Waals surface area contributed by atoms with Crippen molar-refractivity contribution in [3.05, 3.63) is 121 Å². The molecule has 7 rings (SSSR count). The molecule has 4 aromatic carbocycles. The zero-order valence-corrected chi connectivity index (χ0v) is 19.1. The number of benzene rings is 4. The summed E-state index contributed by atoms with van der Waals surface area (Å²) in [6.45, 7) is 0. The van der Waals surface area contributed by atoms with Crippen molar-refractivity contribution in [3.63, 3.8) is 0 Å². The summed E-state index contributed by atoms with van der Waals surface area (Å²) in [5.41, 5.74) is 5.72. The summed E-state index contributed by atoms with van der Waals surface area (Å²) in [6, 6.07) is 30.3. The van der Waals surface area contributed by atoms with E-state index in [1.807, 2.05) is 43.0 Å². The Balaban J connectivity index is 0.000000182. The van der Waals surface area contributed by atoms with Crippen LogP contribution in [-0.2, 0) is 12.8 Å². The maximum Gasteiger partial charge on any atom is 0.0346 e. The lowest BCUT2D eigenvalue weighted by Crippen LogP contribution is -2.04. The van der Waals surface area contributed by atoms with Crippen molar-refractivity contribution in [1.82, 2.24) is 9.97 Å². The highest BCUT2D eigenvalue weighted by Crippen LogP contribution is 2.39. The SMILES string of the molecule is c1ccc2c(c1)cc(-c1ccncc1)c1c3c(ccc12)CCCC3.c1ccc2cnccc2c1. The van der Waals surface area contributed by atoms with Gasteiger partial charge in [-0.3, -0.25) is 9.97 Å². The minimum Gasteiger partial charge on any atom is -0.265 e. The molecule has 0 bridgehead atoms. The number of nitrogens with zero attached hydrogens (tertiary/aromatic N) is 2. The summed E-state index contributed by atoms with van der Waals surface area (Å²) in [6.07, 6.45) is 12.5. The molecule has 164 valence electrons. The van der Waals surface area contributed by atoms with Crippen LogP contribution >= 0.6 is 0 Å². The molecule has 0 unspecified atom stereocenters. The van der Waals surface area contributed by atoms with Crippen molar-refractivity contribution < 1.29 is 0 Å². The predicted molar refractivity (Wildman–Crippen MR) is 143 cm³/mol. The Morgan fingerprint density at radius 1 is 0.559 bits per heavy atom. The second-order valence-electron chi connectivity index (χ2n) is 8.94. The Kier molecular flexibility index (Phi) is 5.48. The van der Waals surface area contributed by atoms with E-state index in [2.05, 4.69) is 76.7 Å². The summed E-state index contributed by atoms with van der Waals surface area (Å²) < 4.78 is 0. The van der Waals surface area contributed by atoms with E-state index in [1.54, 1.807) is 11.1 Å². The number of aromatic nitrogens is 2. The van der Waals surface area contributed by atoms with Crippen molar-refractivity contribution in [3.8, 4) is 11.1 Å². The number of hydrogen-bond acceptors (Lipinski definition) is 2. The Morgan fingerprint density at radius 2 is 1.29 bits per heavy atom. The van der Waals surface area contributed by atoms with Gasteiger partial charge in [0.2, 0.25) is 0 Å². The third kappa shape index (κ3) is 3.82. The molecule has 0 N–H and O–H groups in total. The molecule has 0 aliphatic heterocycles. The summed E-state index contributed by atoms with van der Waals surface area (Å²) >= 11 is 0. The molecule has 2 heteroatoms. The van der Waals surface area contributed by atoms with Gasteiger partial charge in [-0.15, -0.1) is 0 Å². The van der Waals surface area contributed by atoms with E-state index >= 15 is 0 Å². The smallest absolute Gasteiger partial charge is 0.0346 e. The average Bonchev–Trinajstić information content (AvgIpc) is 2.93. The van der Waals surface area contributed by atoms with Crippen molar-refractivity contribution in [2.75, 3.05) is 0 Å². The summed E-state index contributed by atoms with van der Waals surface area (Å²) in [4.78, 5) is 8.21. The van der Waals surface area contributed by atoms with E-state index in [9.17, 15) is 0 Å². The summed E-state index contributed by atoms with van der Waals surface area (Å²) in [7, 11) is 0. The molecule has 1 aliphatic rings. The molecule has 2 aromatic heterocycles. The first-order chi connectivity index (χ1) is 16.9. The summed E-state index contributed by atoms with van der Waals surface area (Å²) in [5.74, 6) is 0. The van der Waals surface area contributed by atoms with Crippen LogP contribution in [0.3, 0.4) is 0 Å².